The summed E-state index contributed by atoms with van der Waals surface area (Å²) >= 11 is 0. The van der Waals surface area contributed by atoms with Gasteiger partial charge in [0.05, 0.1) is 13.7 Å². The molecule has 3 aromatic rings. The molecule has 7 heteroatoms. The summed E-state index contributed by atoms with van der Waals surface area (Å²) < 4.78 is 10.8. The Balaban J connectivity index is 1.51. The monoisotopic (exact) mass is 378 g/mol. The molecule has 0 saturated heterocycles. The van der Waals surface area contributed by atoms with Crippen molar-refractivity contribution in [3.63, 3.8) is 0 Å². The first-order chi connectivity index (χ1) is 13.7. The minimum Gasteiger partial charge on any atom is -0.497 e. The average molecular weight is 378 g/mol. The number of para-hydroxylation sites is 1. The number of nitrogens with one attached hydrogen (secondary N) is 2. The molecule has 0 aliphatic carbocycles. The molecule has 0 radical (unpaired) electrons. The van der Waals surface area contributed by atoms with Crippen molar-refractivity contribution in [1.29, 1.82) is 0 Å². The Kier molecular flexibility index (Phi) is 6.41. The normalized spacial score (nSPS) is 10.2. The first-order valence-corrected chi connectivity index (χ1v) is 8.85. The zero-order valence-electron chi connectivity index (χ0n) is 15.8. The number of aromatic nitrogens is 2. The minimum atomic E-state index is -0.283. The zero-order valence-corrected chi connectivity index (χ0v) is 15.8. The predicted octanol–water partition coefficient (Wildman–Crippen LogP) is 3.54. The van der Waals surface area contributed by atoms with Gasteiger partial charge in [0, 0.05) is 11.8 Å². The highest BCUT2D eigenvalue weighted by Crippen LogP contribution is 2.17. The maximum absolute atomic E-state index is 12.4. The molecule has 2 aromatic carbocycles. The number of hydrogen-bond donors (Lipinski definition) is 2. The van der Waals surface area contributed by atoms with Crippen LogP contribution in [0.1, 0.15) is 16.1 Å². The summed E-state index contributed by atoms with van der Waals surface area (Å²) in [6.45, 7) is 2.91. The highest BCUT2D eigenvalue weighted by Gasteiger charge is 2.10. The Morgan fingerprint density at radius 3 is 2.54 bits per heavy atom. The van der Waals surface area contributed by atoms with Gasteiger partial charge in [0.15, 0.2) is 0 Å². The number of amides is 1. The van der Waals surface area contributed by atoms with Crippen molar-refractivity contribution < 1.29 is 14.3 Å². The summed E-state index contributed by atoms with van der Waals surface area (Å²) in [5, 5.41) is 5.99. The fraction of sp³-hybridized carbons (Fsp3) is 0.190. The molecule has 0 spiro atoms. The Morgan fingerprint density at radius 1 is 1.04 bits per heavy atom. The van der Waals surface area contributed by atoms with E-state index in [1.165, 1.54) is 6.33 Å². The molecule has 28 heavy (non-hydrogen) atoms. The molecular formula is C21H22N4O3. The first kappa shape index (κ1) is 19.2. The van der Waals surface area contributed by atoms with E-state index in [4.69, 9.17) is 9.47 Å². The van der Waals surface area contributed by atoms with Crippen LogP contribution >= 0.6 is 0 Å². The van der Waals surface area contributed by atoms with Crippen LogP contribution in [0, 0.1) is 6.92 Å². The smallest absolute Gasteiger partial charge is 0.274 e. The zero-order chi connectivity index (χ0) is 19.8. The van der Waals surface area contributed by atoms with Crippen molar-refractivity contribution in [2.45, 2.75) is 6.92 Å². The van der Waals surface area contributed by atoms with E-state index >= 15 is 0 Å². The standard InChI is InChI=1S/C21H22N4O3/c1-15-5-3-4-6-18(15)25-21(26)19-13-20(24-14-23-19)22-11-12-28-17-9-7-16(27-2)8-10-17/h3-10,13-14H,11-12H2,1-2H3,(H,25,26)(H,22,23,24). The SMILES string of the molecule is COc1ccc(OCCNc2cc(C(=O)Nc3ccccc3C)ncn2)cc1. The van der Waals surface area contributed by atoms with Gasteiger partial charge in [0.1, 0.15) is 35.9 Å². The summed E-state index contributed by atoms with van der Waals surface area (Å²) in [5.74, 6) is 1.81. The van der Waals surface area contributed by atoms with E-state index < -0.39 is 0 Å². The fourth-order valence-corrected chi connectivity index (χ4v) is 2.50. The second kappa shape index (κ2) is 9.36. The number of rotatable bonds is 8. The third-order valence-electron chi connectivity index (χ3n) is 4.03. The molecule has 0 aliphatic heterocycles. The van der Waals surface area contributed by atoms with Gasteiger partial charge < -0.3 is 20.1 Å². The molecule has 1 aromatic heterocycles. The van der Waals surface area contributed by atoms with Crippen molar-refractivity contribution in [1.82, 2.24) is 9.97 Å². The number of carbonyl (C=O) groups excluding carboxylic acids is 1. The van der Waals surface area contributed by atoms with E-state index in [2.05, 4.69) is 20.6 Å². The molecule has 3 rings (SSSR count). The van der Waals surface area contributed by atoms with Crippen LogP contribution in [0.5, 0.6) is 11.5 Å². The van der Waals surface area contributed by atoms with Crippen molar-refractivity contribution in [3.05, 3.63) is 72.2 Å². The van der Waals surface area contributed by atoms with Crippen molar-refractivity contribution >= 4 is 17.4 Å². The average Bonchev–Trinajstić information content (AvgIpc) is 2.73. The highest BCUT2D eigenvalue weighted by molar-refractivity contribution is 6.03. The number of nitrogens with zero attached hydrogens (tertiary/aromatic N) is 2. The van der Waals surface area contributed by atoms with Gasteiger partial charge in [0.2, 0.25) is 0 Å². The molecule has 0 bridgehead atoms. The van der Waals surface area contributed by atoms with E-state index in [-0.39, 0.29) is 11.6 Å². The molecular weight excluding hydrogens is 356 g/mol. The summed E-state index contributed by atoms with van der Waals surface area (Å²) in [7, 11) is 1.62. The molecule has 1 amide bonds. The Morgan fingerprint density at radius 2 is 1.79 bits per heavy atom. The number of benzene rings is 2. The maximum atomic E-state index is 12.4. The maximum Gasteiger partial charge on any atom is 0.274 e. The van der Waals surface area contributed by atoms with Gasteiger partial charge in [-0.3, -0.25) is 4.79 Å². The third kappa shape index (κ3) is 5.20. The van der Waals surface area contributed by atoms with Gasteiger partial charge in [-0.05, 0) is 42.8 Å². The molecule has 144 valence electrons. The first-order valence-electron chi connectivity index (χ1n) is 8.85. The summed E-state index contributed by atoms with van der Waals surface area (Å²) in [5.41, 5.74) is 2.03. The van der Waals surface area contributed by atoms with Crippen LogP contribution in [0.4, 0.5) is 11.5 Å². The van der Waals surface area contributed by atoms with Gasteiger partial charge in [0.25, 0.3) is 5.91 Å². The van der Waals surface area contributed by atoms with Gasteiger partial charge in [-0.2, -0.15) is 0 Å². The van der Waals surface area contributed by atoms with Crippen molar-refractivity contribution in [3.8, 4) is 11.5 Å². The number of aryl methyl sites for hydroxylation is 1. The topological polar surface area (TPSA) is 85.4 Å². The van der Waals surface area contributed by atoms with E-state index in [9.17, 15) is 4.79 Å². The largest absolute Gasteiger partial charge is 0.497 e. The predicted molar refractivity (Wildman–Crippen MR) is 108 cm³/mol. The van der Waals surface area contributed by atoms with Gasteiger partial charge in [-0.15, -0.1) is 0 Å². The van der Waals surface area contributed by atoms with Gasteiger partial charge in [-0.1, -0.05) is 18.2 Å². The lowest BCUT2D eigenvalue weighted by atomic mass is 10.2. The number of ether oxygens (including phenoxy) is 2. The number of anilines is 2. The lowest BCUT2D eigenvalue weighted by Crippen LogP contribution is -2.16. The quantitative estimate of drug-likeness (QED) is 0.583. The number of methoxy groups -OCH3 is 1. The molecule has 0 atom stereocenters. The van der Waals surface area contributed by atoms with E-state index in [0.29, 0.717) is 19.0 Å². The van der Waals surface area contributed by atoms with Crippen LogP contribution in [0.25, 0.3) is 0 Å². The molecule has 7 nitrogen and oxygen atoms in total. The van der Waals surface area contributed by atoms with Crippen LogP contribution in [0.15, 0.2) is 60.9 Å². The van der Waals surface area contributed by atoms with Gasteiger partial charge >= 0.3 is 0 Å². The summed E-state index contributed by atoms with van der Waals surface area (Å²) in [6.07, 6.45) is 1.36. The number of carbonyl (C=O) groups is 1. The van der Waals surface area contributed by atoms with E-state index in [1.54, 1.807) is 13.2 Å². The van der Waals surface area contributed by atoms with Crippen molar-refractivity contribution in [2.24, 2.45) is 0 Å². The second-order valence-electron chi connectivity index (χ2n) is 6.01. The van der Waals surface area contributed by atoms with Crippen molar-refractivity contribution in [2.75, 3.05) is 30.9 Å². The molecule has 0 unspecified atom stereocenters. The lowest BCUT2D eigenvalue weighted by molar-refractivity contribution is 0.102. The van der Waals surface area contributed by atoms with Crippen LogP contribution < -0.4 is 20.1 Å². The third-order valence-corrected chi connectivity index (χ3v) is 4.03. The molecule has 0 aliphatic rings. The molecule has 0 fully saturated rings. The summed E-state index contributed by atoms with van der Waals surface area (Å²) in [6, 6.07) is 16.6. The molecule has 2 N–H and O–H groups in total. The Labute approximate surface area is 163 Å². The van der Waals surface area contributed by atoms with Crippen LogP contribution in [0.3, 0.4) is 0 Å². The highest BCUT2D eigenvalue weighted by atomic mass is 16.5. The summed E-state index contributed by atoms with van der Waals surface area (Å²) in [4.78, 5) is 20.6. The molecule has 1 heterocycles. The fourth-order valence-electron chi connectivity index (χ4n) is 2.50. The molecule has 0 saturated carbocycles. The van der Waals surface area contributed by atoms with E-state index in [0.717, 1.165) is 22.7 Å². The Bertz CT molecular complexity index is 929. The minimum absolute atomic E-state index is 0.283. The van der Waals surface area contributed by atoms with Crippen LogP contribution in [0.2, 0.25) is 0 Å². The second-order valence-corrected chi connectivity index (χ2v) is 6.01. The van der Waals surface area contributed by atoms with Gasteiger partial charge in [-0.25, -0.2) is 9.97 Å². The Hall–Kier alpha value is -3.61. The van der Waals surface area contributed by atoms with E-state index in [1.807, 2.05) is 55.5 Å². The van der Waals surface area contributed by atoms with Crippen LogP contribution in [-0.2, 0) is 0 Å². The lowest BCUT2D eigenvalue weighted by Gasteiger charge is -2.10. The number of hydrogen-bond acceptors (Lipinski definition) is 6. The van der Waals surface area contributed by atoms with Crippen LogP contribution in [-0.4, -0.2) is 36.1 Å².